The minimum Gasteiger partial charge on any atom is -0.454 e. The first kappa shape index (κ1) is 21.2. The quantitative estimate of drug-likeness (QED) is 0.605. The number of hydrogen-bond acceptors (Lipinski definition) is 6. The molecule has 1 aromatic heterocycles. The molecule has 0 bridgehead atoms. The number of hydrogen-bond donors (Lipinski definition) is 0. The molecule has 0 atom stereocenters. The van der Waals surface area contributed by atoms with Gasteiger partial charge in [0.2, 0.25) is 12.7 Å². The van der Waals surface area contributed by atoms with E-state index >= 15 is 0 Å². The SMILES string of the molecule is CC(C)(C)c1ccc(-c2ccnc(N3CCN(C(=O)c4ccc5c(c4)OCO5)CC3)n2)cc1. The van der Waals surface area contributed by atoms with Crippen molar-refractivity contribution in [2.45, 2.75) is 26.2 Å². The van der Waals surface area contributed by atoms with Crippen molar-refractivity contribution in [2.75, 3.05) is 37.9 Å². The van der Waals surface area contributed by atoms with Crippen molar-refractivity contribution in [2.24, 2.45) is 0 Å². The molecule has 2 aliphatic heterocycles. The molecular weight excluding hydrogens is 416 g/mol. The molecule has 0 N–H and O–H groups in total. The summed E-state index contributed by atoms with van der Waals surface area (Å²) in [6.45, 7) is 9.42. The van der Waals surface area contributed by atoms with E-state index in [-0.39, 0.29) is 18.1 Å². The first-order chi connectivity index (χ1) is 15.9. The van der Waals surface area contributed by atoms with E-state index in [0.717, 1.165) is 11.3 Å². The third-order valence-corrected chi connectivity index (χ3v) is 6.16. The predicted molar refractivity (Wildman–Crippen MR) is 127 cm³/mol. The van der Waals surface area contributed by atoms with Crippen LogP contribution in [0.4, 0.5) is 5.95 Å². The second-order valence-electron chi connectivity index (χ2n) is 9.42. The maximum absolute atomic E-state index is 13.0. The zero-order valence-electron chi connectivity index (χ0n) is 19.2. The summed E-state index contributed by atoms with van der Waals surface area (Å²) in [7, 11) is 0. The van der Waals surface area contributed by atoms with E-state index in [0.29, 0.717) is 49.2 Å². The van der Waals surface area contributed by atoms with Crippen LogP contribution < -0.4 is 14.4 Å². The first-order valence-electron chi connectivity index (χ1n) is 11.3. The van der Waals surface area contributed by atoms with Gasteiger partial charge in [0.15, 0.2) is 11.5 Å². The number of piperazine rings is 1. The van der Waals surface area contributed by atoms with Gasteiger partial charge in [0.05, 0.1) is 5.69 Å². The van der Waals surface area contributed by atoms with Crippen LogP contribution in [0.2, 0.25) is 0 Å². The molecule has 2 aliphatic rings. The van der Waals surface area contributed by atoms with Gasteiger partial charge in [-0.05, 0) is 35.2 Å². The molecule has 170 valence electrons. The smallest absolute Gasteiger partial charge is 0.254 e. The third-order valence-electron chi connectivity index (χ3n) is 6.16. The fourth-order valence-electron chi connectivity index (χ4n) is 4.12. The minimum atomic E-state index is 0.00144. The van der Waals surface area contributed by atoms with Crippen molar-refractivity contribution >= 4 is 11.9 Å². The summed E-state index contributed by atoms with van der Waals surface area (Å²) in [5, 5.41) is 0. The normalized spacial score (nSPS) is 15.6. The summed E-state index contributed by atoms with van der Waals surface area (Å²) in [5.41, 5.74) is 4.00. The zero-order valence-corrected chi connectivity index (χ0v) is 19.2. The van der Waals surface area contributed by atoms with Crippen LogP contribution in [0.3, 0.4) is 0 Å². The zero-order chi connectivity index (χ0) is 23.0. The Morgan fingerprint density at radius 3 is 2.36 bits per heavy atom. The first-order valence-corrected chi connectivity index (χ1v) is 11.3. The summed E-state index contributed by atoms with van der Waals surface area (Å²) < 4.78 is 10.7. The molecule has 7 heteroatoms. The molecule has 7 nitrogen and oxygen atoms in total. The summed E-state index contributed by atoms with van der Waals surface area (Å²) >= 11 is 0. The largest absolute Gasteiger partial charge is 0.454 e. The Balaban J connectivity index is 1.25. The number of ether oxygens (including phenoxy) is 2. The fraction of sp³-hybridized carbons (Fsp3) is 0.346. The predicted octanol–water partition coefficient (Wildman–Crippen LogP) is 4.13. The van der Waals surface area contributed by atoms with Gasteiger partial charge >= 0.3 is 0 Å². The minimum absolute atomic E-state index is 0.00144. The van der Waals surface area contributed by atoms with E-state index < -0.39 is 0 Å². The Morgan fingerprint density at radius 1 is 0.909 bits per heavy atom. The lowest BCUT2D eigenvalue weighted by atomic mass is 9.86. The van der Waals surface area contributed by atoms with Crippen molar-refractivity contribution in [3.8, 4) is 22.8 Å². The topological polar surface area (TPSA) is 67.8 Å². The van der Waals surface area contributed by atoms with E-state index in [1.165, 1.54) is 5.56 Å². The van der Waals surface area contributed by atoms with Gasteiger partial charge < -0.3 is 19.3 Å². The van der Waals surface area contributed by atoms with Crippen LogP contribution in [-0.2, 0) is 5.41 Å². The highest BCUT2D eigenvalue weighted by Gasteiger charge is 2.25. The van der Waals surface area contributed by atoms with Gasteiger partial charge in [-0.15, -0.1) is 0 Å². The van der Waals surface area contributed by atoms with E-state index in [1.54, 1.807) is 24.4 Å². The Kier molecular flexibility index (Phi) is 5.40. The van der Waals surface area contributed by atoms with E-state index in [4.69, 9.17) is 14.5 Å². The lowest BCUT2D eigenvalue weighted by molar-refractivity contribution is 0.0746. The molecule has 1 saturated heterocycles. The number of amides is 1. The van der Waals surface area contributed by atoms with E-state index in [1.807, 2.05) is 11.0 Å². The molecular formula is C26H28N4O3. The van der Waals surface area contributed by atoms with Crippen LogP contribution in [0.25, 0.3) is 11.3 Å². The van der Waals surface area contributed by atoms with E-state index in [2.05, 4.69) is 54.9 Å². The van der Waals surface area contributed by atoms with Crippen molar-refractivity contribution in [3.63, 3.8) is 0 Å². The van der Waals surface area contributed by atoms with Gasteiger partial charge in [0, 0.05) is 43.5 Å². The van der Waals surface area contributed by atoms with Crippen LogP contribution in [0.5, 0.6) is 11.5 Å². The van der Waals surface area contributed by atoms with Crippen molar-refractivity contribution in [1.82, 2.24) is 14.9 Å². The lowest BCUT2D eigenvalue weighted by Gasteiger charge is -2.34. The van der Waals surface area contributed by atoms with Gasteiger partial charge in [-0.1, -0.05) is 45.0 Å². The number of nitrogens with zero attached hydrogens (tertiary/aromatic N) is 4. The standard InChI is InChI=1S/C26H28N4O3/c1-26(2,3)20-7-4-18(5-8-20)21-10-11-27-25(28-21)30-14-12-29(13-15-30)24(31)19-6-9-22-23(16-19)33-17-32-22/h4-11,16H,12-15,17H2,1-3H3. The van der Waals surface area contributed by atoms with Crippen LogP contribution >= 0.6 is 0 Å². The maximum atomic E-state index is 13.0. The van der Waals surface area contributed by atoms with Crippen molar-refractivity contribution < 1.29 is 14.3 Å². The Labute approximate surface area is 194 Å². The molecule has 5 rings (SSSR count). The fourth-order valence-corrected chi connectivity index (χ4v) is 4.12. The van der Waals surface area contributed by atoms with Crippen LogP contribution in [0.1, 0.15) is 36.7 Å². The third kappa shape index (κ3) is 4.35. The number of carbonyl (C=O) groups is 1. The Bertz CT molecular complexity index is 1160. The van der Waals surface area contributed by atoms with Crippen molar-refractivity contribution in [1.29, 1.82) is 0 Å². The van der Waals surface area contributed by atoms with Crippen LogP contribution in [0, 0.1) is 0 Å². The molecule has 0 radical (unpaired) electrons. The molecule has 1 amide bonds. The molecule has 33 heavy (non-hydrogen) atoms. The molecule has 3 heterocycles. The number of fused-ring (bicyclic) bond motifs is 1. The average Bonchev–Trinajstić information content (AvgIpc) is 3.31. The molecule has 3 aromatic rings. The highest BCUT2D eigenvalue weighted by molar-refractivity contribution is 5.95. The average molecular weight is 445 g/mol. The van der Waals surface area contributed by atoms with Crippen LogP contribution in [0.15, 0.2) is 54.7 Å². The highest BCUT2D eigenvalue weighted by Crippen LogP contribution is 2.33. The van der Waals surface area contributed by atoms with Gasteiger partial charge in [0.25, 0.3) is 5.91 Å². The molecule has 0 saturated carbocycles. The van der Waals surface area contributed by atoms with Gasteiger partial charge in [0.1, 0.15) is 0 Å². The number of anilines is 1. The monoisotopic (exact) mass is 444 g/mol. The second kappa shape index (κ2) is 8.39. The molecule has 0 aliphatic carbocycles. The highest BCUT2D eigenvalue weighted by atomic mass is 16.7. The van der Waals surface area contributed by atoms with Gasteiger partial charge in [-0.2, -0.15) is 0 Å². The molecule has 0 unspecified atom stereocenters. The Hall–Kier alpha value is -3.61. The summed E-state index contributed by atoms with van der Waals surface area (Å²) in [6, 6.07) is 15.8. The summed E-state index contributed by atoms with van der Waals surface area (Å²) in [5.74, 6) is 2.01. The number of rotatable bonds is 3. The number of benzene rings is 2. The van der Waals surface area contributed by atoms with Crippen molar-refractivity contribution in [3.05, 3.63) is 65.9 Å². The number of aromatic nitrogens is 2. The second-order valence-corrected chi connectivity index (χ2v) is 9.42. The summed E-state index contributed by atoms with van der Waals surface area (Å²) in [4.78, 5) is 26.3. The lowest BCUT2D eigenvalue weighted by Crippen LogP contribution is -2.49. The number of carbonyl (C=O) groups excluding carboxylic acids is 1. The van der Waals surface area contributed by atoms with E-state index in [9.17, 15) is 4.79 Å². The van der Waals surface area contributed by atoms with Gasteiger partial charge in [-0.3, -0.25) is 4.79 Å². The molecule has 2 aromatic carbocycles. The Morgan fingerprint density at radius 2 is 1.64 bits per heavy atom. The molecule has 0 spiro atoms. The molecule has 1 fully saturated rings. The maximum Gasteiger partial charge on any atom is 0.254 e. The van der Waals surface area contributed by atoms with Gasteiger partial charge in [-0.25, -0.2) is 9.97 Å². The van der Waals surface area contributed by atoms with Crippen LogP contribution in [-0.4, -0.2) is 53.7 Å². The summed E-state index contributed by atoms with van der Waals surface area (Å²) in [6.07, 6.45) is 1.81.